The SMILES string of the molecule is COc1ccc(Br)c2c1CN(C(=O)OC(C)(C)C)CC[C@H]2N. The Hall–Kier alpha value is -1.27. The maximum atomic E-state index is 12.4. The van der Waals surface area contributed by atoms with Gasteiger partial charge in [-0.15, -0.1) is 0 Å². The van der Waals surface area contributed by atoms with E-state index in [2.05, 4.69) is 15.9 Å². The zero-order chi connectivity index (χ0) is 16.5. The third-order valence-corrected chi connectivity index (χ3v) is 4.25. The second-order valence-electron chi connectivity index (χ2n) is 6.44. The number of fused-ring (bicyclic) bond motifs is 1. The predicted octanol–water partition coefficient (Wildman–Crippen LogP) is 3.60. The van der Waals surface area contributed by atoms with E-state index in [0.29, 0.717) is 19.5 Å². The Morgan fingerprint density at radius 2 is 2.09 bits per heavy atom. The molecule has 1 aliphatic rings. The molecule has 0 aliphatic carbocycles. The molecule has 1 aromatic carbocycles. The molecule has 2 rings (SSSR count). The Kier molecular flexibility index (Phi) is 5.02. The zero-order valence-electron chi connectivity index (χ0n) is 13.5. The van der Waals surface area contributed by atoms with Crippen LogP contribution in [-0.4, -0.2) is 30.2 Å². The lowest BCUT2D eigenvalue weighted by Crippen LogP contribution is -2.36. The van der Waals surface area contributed by atoms with Crippen molar-refractivity contribution in [1.29, 1.82) is 0 Å². The van der Waals surface area contributed by atoms with Crippen molar-refractivity contribution in [3.63, 3.8) is 0 Å². The smallest absolute Gasteiger partial charge is 0.410 e. The maximum absolute atomic E-state index is 12.4. The molecule has 22 heavy (non-hydrogen) atoms. The van der Waals surface area contributed by atoms with Crippen molar-refractivity contribution in [2.24, 2.45) is 5.73 Å². The number of amides is 1. The number of rotatable bonds is 1. The molecule has 122 valence electrons. The zero-order valence-corrected chi connectivity index (χ0v) is 15.1. The van der Waals surface area contributed by atoms with Crippen LogP contribution in [0.4, 0.5) is 4.79 Å². The number of halogens is 1. The van der Waals surface area contributed by atoms with Crippen molar-refractivity contribution in [2.45, 2.75) is 45.4 Å². The number of nitrogens with two attached hydrogens (primary N) is 1. The molecule has 1 aliphatic heterocycles. The third kappa shape index (κ3) is 3.73. The van der Waals surface area contributed by atoms with E-state index in [1.807, 2.05) is 32.9 Å². The minimum atomic E-state index is -0.518. The quantitative estimate of drug-likeness (QED) is 0.819. The van der Waals surface area contributed by atoms with Crippen LogP contribution in [0.2, 0.25) is 0 Å². The summed E-state index contributed by atoms with van der Waals surface area (Å²) in [5.74, 6) is 0.740. The highest BCUT2D eigenvalue weighted by Gasteiger charge is 2.29. The maximum Gasteiger partial charge on any atom is 0.410 e. The average Bonchev–Trinajstić information content (AvgIpc) is 2.58. The summed E-state index contributed by atoms with van der Waals surface area (Å²) in [6.07, 6.45) is 0.354. The van der Waals surface area contributed by atoms with E-state index in [1.165, 1.54) is 0 Å². The summed E-state index contributed by atoms with van der Waals surface area (Å²) in [5, 5.41) is 0. The fraction of sp³-hybridized carbons (Fsp3) is 0.562. The van der Waals surface area contributed by atoms with Gasteiger partial charge in [0.05, 0.1) is 13.7 Å². The van der Waals surface area contributed by atoms with Crippen LogP contribution in [-0.2, 0) is 11.3 Å². The monoisotopic (exact) mass is 370 g/mol. The Morgan fingerprint density at radius 1 is 1.41 bits per heavy atom. The molecule has 0 saturated carbocycles. The fourth-order valence-corrected chi connectivity index (χ4v) is 3.23. The summed E-state index contributed by atoms with van der Waals surface area (Å²) < 4.78 is 11.9. The molecule has 0 unspecified atom stereocenters. The van der Waals surface area contributed by atoms with Crippen LogP contribution in [0.3, 0.4) is 0 Å². The molecule has 0 saturated heterocycles. The first-order valence-electron chi connectivity index (χ1n) is 7.31. The number of hydrogen-bond donors (Lipinski definition) is 1. The van der Waals surface area contributed by atoms with E-state index in [9.17, 15) is 4.79 Å². The van der Waals surface area contributed by atoms with Crippen LogP contribution < -0.4 is 10.5 Å². The van der Waals surface area contributed by atoms with Crippen LogP contribution in [0, 0.1) is 0 Å². The van der Waals surface area contributed by atoms with Gasteiger partial charge in [-0.05, 0) is 44.9 Å². The first-order chi connectivity index (χ1) is 10.2. The highest BCUT2D eigenvalue weighted by Crippen LogP contribution is 2.37. The Balaban J connectivity index is 2.35. The van der Waals surface area contributed by atoms with E-state index in [4.69, 9.17) is 15.2 Å². The third-order valence-electron chi connectivity index (χ3n) is 3.56. The molecule has 0 fully saturated rings. The molecule has 0 radical (unpaired) electrons. The molecule has 0 spiro atoms. The van der Waals surface area contributed by atoms with Crippen LogP contribution >= 0.6 is 15.9 Å². The lowest BCUT2D eigenvalue weighted by Gasteiger charge is -2.27. The lowest BCUT2D eigenvalue weighted by atomic mass is 9.99. The van der Waals surface area contributed by atoms with Crippen molar-refractivity contribution in [2.75, 3.05) is 13.7 Å². The summed E-state index contributed by atoms with van der Waals surface area (Å²) in [5.41, 5.74) is 7.72. The van der Waals surface area contributed by atoms with Gasteiger partial charge in [0.15, 0.2) is 0 Å². The second-order valence-corrected chi connectivity index (χ2v) is 7.29. The van der Waals surface area contributed by atoms with Crippen LogP contribution in [0.5, 0.6) is 5.75 Å². The van der Waals surface area contributed by atoms with Crippen molar-refractivity contribution < 1.29 is 14.3 Å². The van der Waals surface area contributed by atoms with E-state index in [0.717, 1.165) is 21.3 Å². The van der Waals surface area contributed by atoms with Crippen LogP contribution in [0.25, 0.3) is 0 Å². The van der Waals surface area contributed by atoms with Crippen molar-refractivity contribution in [1.82, 2.24) is 4.90 Å². The summed E-state index contributed by atoms with van der Waals surface area (Å²) >= 11 is 3.56. The number of carbonyl (C=O) groups excluding carboxylic acids is 1. The number of carbonyl (C=O) groups is 1. The summed E-state index contributed by atoms with van der Waals surface area (Å²) in [4.78, 5) is 14.1. The van der Waals surface area contributed by atoms with Gasteiger partial charge in [-0.3, -0.25) is 0 Å². The molecule has 1 heterocycles. The highest BCUT2D eigenvalue weighted by atomic mass is 79.9. The number of ether oxygens (including phenoxy) is 2. The number of hydrogen-bond acceptors (Lipinski definition) is 4. The van der Waals surface area contributed by atoms with Gasteiger partial charge in [0.1, 0.15) is 11.4 Å². The highest BCUT2D eigenvalue weighted by molar-refractivity contribution is 9.10. The first kappa shape index (κ1) is 17.1. The molecule has 1 aromatic rings. The van der Waals surface area contributed by atoms with Gasteiger partial charge in [-0.1, -0.05) is 15.9 Å². The Morgan fingerprint density at radius 3 is 2.68 bits per heavy atom. The van der Waals surface area contributed by atoms with Gasteiger partial charge in [0, 0.05) is 22.6 Å². The predicted molar refractivity (Wildman–Crippen MR) is 88.9 cm³/mol. The number of methoxy groups -OCH3 is 1. The molecular formula is C16H23BrN2O3. The Labute approximate surface area is 139 Å². The molecule has 1 amide bonds. The van der Waals surface area contributed by atoms with Gasteiger partial charge in [0.25, 0.3) is 0 Å². The topological polar surface area (TPSA) is 64.8 Å². The lowest BCUT2D eigenvalue weighted by molar-refractivity contribution is 0.0234. The minimum absolute atomic E-state index is 0.146. The van der Waals surface area contributed by atoms with Crippen molar-refractivity contribution >= 4 is 22.0 Å². The normalized spacial score (nSPS) is 18.5. The summed E-state index contributed by atoms with van der Waals surface area (Å²) in [6, 6.07) is 3.67. The molecule has 0 aromatic heterocycles. The van der Waals surface area contributed by atoms with E-state index < -0.39 is 5.60 Å². The molecule has 5 nitrogen and oxygen atoms in total. The van der Waals surface area contributed by atoms with Gasteiger partial charge >= 0.3 is 6.09 Å². The molecular weight excluding hydrogens is 348 g/mol. The van der Waals surface area contributed by atoms with Crippen molar-refractivity contribution in [3.8, 4) is 5.75 Å². The van der Waals surface area contributed by atoms with Gasteiger partial charge in [-0.25, -0.2) is 4.79 Å². The second kappa shape index (κ2) is 6.46. The van der Waals surface area contributed by atoms with Crippen LogP contribution in [0.1, 0.15) is 44.4 Å². The van der Waals surface area contributed by atoms with E-state index >= 15 is 0 Å². The van der Waals surface area contributed by atoms with Gasteiger partial charge < -0.3 is 20.1 Å². The van der Waals surface area contributed by atoms with Crippen LogP contribution in [0.15, 0.2) is 16.6 Å². The molecule has 6 heteroatoms. The van der Waals surface area contributed by atoms with E-state index in [-0.39, 0.29) is 12.1 Å². The minimum Gasteiger partial charge on any atom is -0.496 e. The largest absolute Gasteiger partial charge is 0.496 e. The molecule has 0 bridgehead atoms. The average molecular weight is 371 g/mol. The number of nitrogens with zero attached hydrogens (tertiary/aromatic N) is 1. The van der Waals surface area contributed by atoms with Crippen molar-refractivity contribution in [3.05, 3.63) is 27.7 Å². The standard InChI is InChI=1S/C16H23BrN2O3/c1-16(2,3)22-15(20)19-8-7-12(18)14-10(9-19)13(21-4)6-5-11(14)17/h5-6,12H,7-9,18H2,1-4H3/t12-/m1/s1. The number of benzene rings is 1. The Bertz CT molecular complexity index is 569. The molecule has 1 atom stereocenters. The fourth-order valence-electron chi connectivity index (χ4n) is 2.56. The van der Waals surface area contributed by atoms with Gasteiger partial charge in [-0.2, -0.15) is 0 Å². The summed E-state index contributed by atoms with van der Waals surface area (Å²) in [7, 11) is 1.62. The summed E-state index contributed by atoms with van der Waals surface area (Å²) in [6.45, 7) is 6.57. The first-order valence-corrected chi connectivity index (χ1v) is 8.11. The molecule has 2 N–H and O–H groups in total. The van der Waals surface area contributed by atoms with Gasteiger partial charge in [0.2, 0.25) is 0 Å². The van der Waals surface area contributed by atoms with E-state index in [1.54, 1.807) is 12.0 Å².